The van der Waals surface area contributed by atoms with Gasteiger partial charge in [0.2, 0.25) is 0 Å². The lowest BCUT2D eigenvalue weighted by atomic mass is 9.74. The molecule has 0 aliphatic heterocycles. The van der Waals surface area contributed by atoms with Crippen LogP contribution in [0.15, 0.2) is 0 Å². The van der Waals surface area contributed by atoms with Gasteiger partial charge >= 0.3 is 5.97 Å². The number of likely N-dealkylation sites (N-methyl/N-ethyl adjacent to an activating group) is 1. The van der Waals surface area contributed by atoms with Crippen molar-refractivity contribution in [2.45, 2.75) is 71.4 Å². The predicted octanol–water partition coefficient (Wildman–Crippen LogP) is 3.14. The largest absolute Gasteiger partial charge is 0.480 e. The van der Waals surface area contributed by atoms with E-state index in [4.69, 9.17) is 0 Å². The lowest BCUT2D eigenvalue weighted by Gasteiger charge is -2.47. The van der Waals surface area contributed by atoms with Gasteiger partial charge in [0.25, 0.3) is 0 Å². The third-order valence-corrected chi connectivity index (χ3v) is 4.38. The number of carboxylic acid groups (broad SMARTS) is 1. The van der Waals surface area contributed by atoms with Crippen molar-refractivity contribution in [3.63, 3.8) is 0 Å². The summed E-state index contributed by atoms with van der Waals surface area (Å²) in [4.78, 5) is 14.0. The Hall–Kier alpha value is -0.570. The van der Waals surface area contributed by atoms with Crippen molar-refractivity contribution >= 4 is 5.97 Å². The number of carbonyl (C=O) groups is 1. The summed E-state index contributed by atoms with van der Waals surface area (Å²) in [7, 11) is 0. The highest BCUT2D eigenvalue weighted by molar-refractivity contribution is 5.79. The molecule has 3 nitrogen and oxygen atoms in total. The van der Waals surface area contributed by atoms with Gasteiger partial charge in [-0.25, -0.2) is 0 Å². The maximum absolute atomic E-state index is 11.8. The van der Waals surface area contributed by atoms with Crippen LogP contribution in [-0.2, 0) is 4.79 Å². The van der Waals surface area contributed by atoms with E-state index in [1.165, 1.54) is 6.42 Å². The zero-order valence-corrected chi connectivity index (χ0v) is 11.7. The van der Waals surface area contributed by atoms with E-state index in [1.54, 1.807) is 0 Å². The molecule has 0 saturated heterocycles. The first-order valence-corrected chi connectivity index (χ1v) is 6.98. The summed E-state index contributed by atoms with van der Waals surface area (Å²) in [6.07, 6.45) is 4.84. The third-order valence-electron chi connectivity index (χ3n) is 4.38. The maximum Gasteiger partial charge on any atom is 0.324 e. The maximum atomic E-state index is 11.8. The summed E-state index contributed by atoms with van der Waals surface area (Å²) in [6.45, 7) is 9.37. The molecule has 1 N–H and O–H groups in total. The van der Waals surface area contributed by atoms with Crippen LogP contribution in [0.1, 0.15) is 59.8 Å². The normalized spacial score (nSPS) is 31.5. The Bertz CT molecular complexity index is 267. The number of rotatable bonds is 5. The van der Waals surface area contributed by atoms with E-state index in [0.29, 0.717) is 12.0 Å². The van der Waals surface area contributed by atoms with Crippen LogP contribution < -0.4 is 0 Å². The molecule has 0 amide bonds. The molecule has 1 fully saturated rings. The second-order valence-corrected chi connectivity index (χ2v) is 5.58. The summed E-state index contributed by atoms with van der Waals surface area (Å²) >= 11 is 0. The van der Waals surface area contributed by atoms with Crippen LogP contribution in [0.25, 0.3) is 0 Å². The van der Waals surface area contributed by atoms with Gasteiger partial charge in [0.05, 0.1) is 0 Å². The smallest absolute Gasteiger partial charge is 0.324 e. The van der Waals surface area contributed by atoms with Gasteiger partial charge in [-0.05, 0) is 38.6 Å². The number of hydrogen-bond donors (Lipinski definition) is 1. The van der Waals surface area contributed by atoms with Crippen LogP contribution in [0, 0.1) is 5.92 Å². The van der Waals surface area contributed by atoms with Crippen molar-refractivity contribution in [3.8, 4) is 0 Å². The summed E-state index contributed by atoms with van der Waals surface area (Å²) in [6, 6.07) is 0.349. The summed E-state index contributed by atoms with van der Waals surface area (Å²) in [5.74, 6) is -0.0934. The van der Waals surface area contributed by atoms with Gasteiger partial charge < -0.3 is 5.11 Å². The Balaban J connectivity index is 3.00. The zero-order chi connectivity index (χ0) is 13.1. The molecule has 17 heavy (non-hydrogen) atoms. The van der Waals surface area contributed by atoms with Crippen LogP contribution >= 0.6 is 0 Å². The molecule has 0 heterocycles. The predicted molar refractivity (Wildman–Crippen MR) is 70.1 cm³/mol. The fourth-order valence-electron chi connectivity index (χ4n) is 3.36. The zero-order valence-electron chi connectivity index (χ0n) is 11.7. The molecule has 1 rings (SSSR count). The molecular weight excluding hydrogens is 214 g/mol. The van der Waals surface area contributed by atoms with E-state index in [9.17, 15) is 9.90 Å². The SMILES string of the molecule is CCC(C)N(CC)C1(C(=O)O)CCCC(C)C1. The minimum absolute atomic E-state index is 0.349. The molecule has 0 bridgehead atoms. The fraction of sp³-hybridized carbons (Fsp3) is 0.929. The van der Waals surface area contributed by atoms with Gasteiger partial charge in [0.1, 0.15) is 5.54 Å². The standard InChI is InChI=1S/C14H27NO2/c1-5-12(4)15(6-2)14(13(16)17)9-7-8-11(3)10-14/h11-12H,5-10H2,1-4H3,(H,16,17). The van der Waals surface area contributed by atoms with Crippen molar-refractivity contribution in [3.05, 3.63) is 0 Å². The fourth-order valence-corrected chi connectivity index (χ4v) is 3.36. The average Bonchev–Trinajstić information content (AvgIpc) is 2.29. The highest BCUT2D eigenvalue weighted by Gasteiger charge is 2.47. The molecule has 0 spiro atoms. The minimum atomic E-state index is -0.619. The molecule has 3 unspecified atom stereocenters. The first kappa shape index (κ1) is 14.5. The van der Waals surface area contributed by atoms with Gasteiger partial charge in [-0.2, -0.15) is 0 Å². The molecule has 100 valence electrons. The van der Waals surface area contributed by atoms with Crippen LogP contribution in [0.3, 0.4) is 0 Å². The Morgan fingerprint density at radius 3 is 2.59 bits per heavy atom. The Morgan fingerprint density at radius 1 is 1.53 bits per heavy atom. The monoisotopic (exact) mass is 241 g/mol. The minimum Gasteiger partial charge on any atom is -0.480 e. The Kier molecular flexibility index (Phi) is 4.99. The summed E-state index contributed by atoms with van der Waals surface area (Å²) in [5.41, 5.74) is -0.609. The summed E-state index contributed by atoms with van der Waals surface area (Å²) in [5, 5.41) is 9.71. The van der Waals surface area contributed by atoms with E-state index < -0.39 is 11.5 Å². The highest BCUT2D eigenvalue weighted by Crippen LogP contribution is 2.38. The molecule has 1 saturated carbocycles. The van der Waals surface area contributed by atoms with Crippen molar-refractivity contribution in [1.82, 2.24) is 4.90 Å². The van der Waals surface area contributed by atoms with E-state index in [-0.39, 0.29) is 0 Å². The number of aliphatic carboxylic acids is 1. The molecule has 0 aromatic heterocycles. The van der Waals surface area contributed by atoms with Crippen LogP contribution in [0.2, 0.25) is 0 Å². The number of hydrogen-bond acceptors (Lipinski definition) is 2. The van der Waals surface area contributed by atoms with Crippen molar-refractivity contribution in [1.29, 1.82) is 0 Å². The van der Waals surface area contributed by atoms with Crippen molar-refractivity contribution < 1.29 is 9.90 Å². The van der Waals surface area contributed by atoms with Crippen LogP contribution in [0.4, 0.5) is 0 Å². The second-order valence-electron chi connectivity index (χ2n) is 5.58. The topological polar surface area (TPSA) is 40.5 Å². The quantitative estimate of drug-likeness (QED) is 0.804. The van der Waals surface area contributed by atoms with E-state index in [2.05, 4.69) is 32.6 Å². The lowest BCUT2D eigenvalue weighted by molar-refractivity contribution is -0.157. The third kappa shape index (κ3) is 2.82. The first-order valence-electron chi connectivity index (χ1n) is 6.98. The van der Waals surface area contributed by atoms with Gasteiger partial charge in [0.15, 0.2) is 0 Å². The van der Waals surface area contributed by atoms with Gasteiger partial charge in [-0.3, -0.25) is 9.69 Å². The van der Waals surface area contributed by atoms with Gasteiger partial charge in [-0.15, -0.1) is 0 Å². The molecular formula is C14H27NO2. The summed E-state index contributed by atoms with van der Waals surface area (Å²) < 4.78 is 0. The molecule has 0 aromatic rings. The molecule has 0 radical (unpaired) electrons. The number of carboxylic acids is 1. The molecule has 1 aliphatic rings. The second kappa shape index (κ2) is 5.85. The van der Waals surface area contributed by atoms with E-state index >= 15 is 0 Å². The molecule has 3 atom stereocenters. The van der Waals surface area contributed by atoms with Crippen molar-refractivity contribution in [2.75, 3.05) is 6.54 Å². The molecule has 0 aromatic carbocycles. The van der Waals surface area contributed by atoms with Crippen LogP contribution in [-0.4, -0.2) is 34.1 Å². The lowest BCUT2D eigenvalue weighted by Crippen LogP contribution is -2.59. The number of nitrogens with zero attached hydrogens (tertiary/aromatic N) is 1. The highest BCUT2D eigenvalue weighted by atomic mass is 16.4. The van der Waals surface area contributed by atoms with Crippen LogP contribution in [0.5, 0.6) is 0 Å². The van der Waals surface area contributed by atoms with Gasteiger partial charge in [0, 0.05) is 6.04 Å². The van der Waals surface area contributed by atoms with Gasteiger partial charge in [-0.1, -0.05) is 33.6 Å². The van der Waals surface area contributed by atoms with Crippen molar-refractivity contribution in [2.24, 2.45) is 5.92 Å². The van der Waals surface area contributed by atoms with E-state index in [1.807, 2.05) is 0 Å². The molecule has 3 heteroatoms. The Morgan fingerprint density at radius 2 is 2.18 bits per heavy atom. The first-order chi connectivity index (χ1) is 7.97. The Labute approximate surface area is 105 Å². The van der Waals surface area contributed by atoms with E-state index in [0.717, 1.165) is 32.2 Å². The average molecular weight is 241 g/mol. The molecule has 1 aliphatic carbocycles.